The smallest absolute Gasteiger partial charge is 0.272 e. The molecule has 1 aromatic rings. The highest BCUT2D eigenvalue weighted by atomic mass is 16.2. The molecule has 0 aromatic carbocycles. The molecule has 0 saturated heterocycles. The van der Waals surface area contributed by atoms with E-state index in [0.29, 0.717) is 11.6 Å². The van der Waals surface area contributed by atoms with Crippen LogP contribution >= 0.6 is 0 Å². The van der Waals surface area contributed by atoms with Gasteiger partial charge in [0.15, 0.2) is 0 Å². The second kappa shape index (κ2) is 4.04. The third-order valence-corrected chi connectivity index (χ3v) is 1.94. The number of carbonyl (C=O) groups excluding carboxylic acids is 1. The maximum absolute atomic E-state index is 11.7. The van der Waals surface area contributed by atoms with Gasteiger partial charge in [-0.25, -0.2) is 0 Å². The van der Waals surface area contributed by atoms with E-state index in [-0.39, 0.29) is 11.4 Å². The van der Waals surface area contributed by atoms with E-state index in [1.807, 2.05) is 20.8 Å². The van der Waals surface area contributed by atoms with Crippen molar-refractivity contribution in [1.82, 2.24) is 15.5 Å². The highest BCUT2D eigenvalue weighted by molar-refractivity contribution is 5.92. The Balaban J connectivity index is 2.75. The van der Waals surface area contributed by atoms with Gasteiger partial charge in [-0.3, -0.25) is 9.89 Å². The molecule has 0 spiro atoms. The molecule has 4 heteroatoms. The van der Waals surface area contributed by atoms with Crippen LogP contribution in [0.25, 0.3) is 0 Å². The van der Waals surface area contributed by atoms with Crippen LogP contribution in [0.15, 0.2) is 6.07 Å². The molecule has 0 fully saturated rings. The maximum Gasteiger partial charge on any atom is 0.272 e. The normalized spacial score (nSPS) is 11.9. The zero-order valence-electron chi connectivity index (χ0n) is 10.0. The van der Waals surface area contributed by atoms with Crippen molar-refractivity contribution in [3.05, 3.63) is 17.5 Å². The standard InChI is InChI=1S/C11H19N3O/c1-7(2)8-6-9(14-13-8)10(15)12-11(3,4)5/h6-7H,1-5H3,(H,12,15)(H,13,14). The van der Waals surface area contributed by atoms with E-state index in [1.165, 1.54) is 0 Å². The van der Waals surface area contributed by atoms with Crippen molar-refractivity contribution >= 4 is 5.91 Å². The van der Waals surface area contributed by atoms with Crippen LogP contribution in [-0.2, 0) is 0 Å². The Morgan fingerprint density at radius 2 is 2.07 bits per heavy atom. The summed E-state index contributed by atoms with van der Waals surface area (Å²) in [6, 6.07) is 1.80. The molecule has 15 heavy (non-hydrogen) atoms. The van der Waals surface area contributed by atoms with E-state index >= 15 is 0 Å². The Hall–Kier alpha value is -1.32. The number of amides is 1. The number of rotatable bonds is 2. The fourth-order valence-corrected chi connectivity index (χ4v) is 1.15. The average molecular weight is 209 g/mol. The molecule has 1 heterocycles. The number of aromatic nitrogens is 2. The van der Waals surface area contributed by atoms with Crippen LogP contribution in [0.3, 0.4) is 0 Å². The first kappa shape index (κ1) is 11.8. The Morgan fingerprint density at radius 3 is 2.47 bits per heavy atom. The second-order valence-corrected chi connectivity index (χ2v) is 5.07. The Morgan fingerprint density at radius 1 is 1.47 bits per heavy atom. The minimum atomic E-state index is -0.228. The quantitative estimate of drug-likeness (QED) is 0.783. The summed E-state index contributed by atoms with van der Waals surface area (Å²) < 4.78 is 0. The molecule has 0 radical (unpaired) electrons. The molecule has 1 amide bonds. The predicted octanol–water partition coefficient (Wildman–Crippen LogP) is 2.06. The van der Waals surface area contributed by atoms with Gasteiger partial charge in [-0.1, -0.05) is 13.8 Å². The molecule has 1 aromatic heterocycles. The lowest BCUT2D eigenvalue weighted by atomic mass is 10.1. The zero-order valence-corrected chi connectivity index (χ0v) is 10.0. The fraction of sp³-hybridized carbons (Fsp3) is 0.636. The summed E-state index contributed by atoms with van der Waals surface area (Å²) in [5.41, 5.74) is 1.20. The highest BCUT2D eigenvalue weighted by Crippen LogP contribution is 2.12. The maximum atomic E-state index is 11.7. The van der Waals surface area contributed by atoms with Crippen LogP contribution in [-0.4, -0.2) is 21.6 Å². The minimum Gasteiger partial charge on any atom is -0.346 e. The van der Waals surface area contributed by atoms with E-state index < -0.39 is 0 Å². The molecular formula is C11H19N3O. The molecule has 0 aliphatic heterocycles. The molecule has 84 valence electrons. The van der Waals surface area contributed by atoms with Gasteiger partial charge in [0, 0.05) is 11.2 Å². The van der Waals surface area contributed by atoms with E-state index in [0.717, 1.165) is 5.69 Å². The van der Waals surface area contributed by atoms with Crippen molar-refractivity contribution in [3.8, 4) is 0 Å². The van der Waals surface area contributed by atoms with E-state index in [9.17, 15) is 4.79 Å². The molecule has 1 rings (SSSR count). The molecule has 0 unspecified atom stereocenters. The largest absolute Gasteiger partial charge is 0.346 e. The Kier molecular flexibility index (Phi) is 3.17. The van der Waals surface area contributed by atoms with Crippen molar-refractivity contribution in [2.24, 2.45) is 0 Å². The van der Waals surface area contributed by atoms with E-state index in [2.05, 4.69) is 29.4 Å². The lowest BCUT2D eigenvalue weighted by Crippen LogP contribution is -2.40. The Bertz CT molecular complexity index is 347. The number of aromatic amines is 1. The summed E-state index contributed by atoms with van der Waals surface area (Å²) in [7, 11) is 0. The van der Waals surface area contributed by atoms with Gasteiger partial charge in [0.05, 0.1) is 0 Å². The third-order valence-electron chi connectivity index (χ3n) is 1.94. The lowest BCUT2D eigenvalue weighted by molar-refractivity contribution is 0.0914. The summed E-state index contributed by atoms with van der Waals surface area (Å²) in [4.78, 5) is 11.7. The molecule has 0 aliphatic rings. The summed E-state index contributed by atoms with van der Waals surface area (Å²) >= 11 is 0. The van der Waals surface area contributed by atoms with Gasteiger partial charge in [0.2, 0.25) is 0 Å². The molecule has 0 aliphatic carbocycles. The van der Waals surface area contributed by atoms with E-state index in [4.69, 9.17) is 0 Å². The first-order valence-corrected chi connectivity index (χ1v) is 5.17. The molecule has 0 saturated carbocycles. The molecule has 2 N–H and O–H groups in total. The summed E-state index contributed by atoms with van der Waals surface area (Å²) in [6.07, 6.45) is 0. The topological polar surface area (TPSA) is 57.8 Å². The van der Waals surface area contributed by atoms with Gasteiger partial charge in [-0.15, -0.1) is 0 Å². The highest BCUT2D eigenvalue weighted by Gasteiger charge is 2.17. The molecular weight excluding hydrogens is 190 g/mol. The van der Waals surface area contributed by atoms with Crippen molar-refractivity contribution in [3.63, 3.8) is 0 Å². The first-order chi connectivity index (χ1) is 6.79. The van der Waals surface area contributed by atoms with E-state index in [1.54, 1.807) is 6.07 Å². The summed E-state index contributed by atoms with van der Waals surface area (Å²) in [6.45, 7) is 9.95. The van der Waals surface area contributed by atoms with Gasteiger partial charge >= 0.3 is 0 Å². The second-order valence-electron chi connectivity index (χ2n) is 5.07. The monoisotopic (exact) mass is 209 g/mol. The molecule has 4 nitrogen and oxygen atoms in total. The first-order valence-electron chi connectivity index (χ1n) is 5.17. The third kappa shape index (κ3) is 3.38. The number of carbonyl (C=O) groups is 1. The minimum absolute atomic E-state index is 0.134. The fourth-order valence-electron chi connectivity index (χ4n) is 1.15. The van der Waals surface area contributed by atoms with Gasteiger partial charge in [-0.2, -0.15) is 5.10 Å². The number of hydrogen-bond acceptors (Lipinski definition) is 2. The van der Waals surface area contributed by atoms with Crippen LogP contribution in [0.5, 0.6) is 0 Å². The summed E-state index contributed by atoms with van der Waals surface area (Å²) in [5, 5.41) is 9.71. The lowest BCUT2D eigenvalue weighted by Gasteiger charge is -2.19. The van der Waals surface area contributed by atoms with Crippen LogP contribution in [0.1, 0.15) is 56.7 Å². The Labute approximate surface area is 90.5 Å². The van der Waals surface area contributed by atoms with Crippen molar-refractivity contribution in [1.29, 1.82) is 0 Å². The van der Waals surface area contributed by atoms with Gasteiger partial charge < -0.3 is 5.32 Å². The number of nitrogens with one attached hydrogen (secondary N) is 2. The molecule has 0 atom stereocenters. The summed E-state index contributed by atoms with van der Waals surface area (Å²) in [5.74, 6) is 0.222. The zero-order chi connectivity index (χ0) is 11.6. The van der Waals surface area contributed by atoms with Gasteiger partial charge in [-0.05, 0) is 32.8 Å². The SMILES string of the molecule is CC(C)c1cc(C(=O)NC(C)(C)C)n[nH]1. The molecule has 0 bridgehead atoms. The van der Waals surface area contributed by atoms with Crippen molar-refractivity contribution in [2.45, 2.75) is 46.1 Å². The average Bonchev–Trinajstić information content (AvgIpc) is 2.47. The van der Waals surface area contributed by atoms with Gasteiger partial charge in [0.1, 0.15) is 5.69 Å². The predicted molar refractivity (Wildman–Crippen MR) is 59.9 cm³/mol. The van der Waals surface area contributed by atoms with Crippen LogP contribution in [0.2, 0.25) is 0 Å². The van der Waals surface area contributed by atoms with Crippen LogP contribution in [0.4, 0.5) is 0 Å². The van der Waals surface area contributed by atoms with Crippen molar-refractivity contribution < 1.29 is 4.79 Å². The van der Waals surface area contributed by atoms with Gasteiger partial charge in [0.25, 0.3) is 5.91 Å². The number of H-pyrrole nitrogens is 1. The number of hydrogen-bond donors (Lipinski definition) is 2. The van der Waals surface area contributed by atoms with Crippen LogP contribution < -0.4 is 5.32 Å². The van der Waals surface area contributed by atoms with Crippen molar-refractivity contribution in [2.75, 3.05) is 0 Å². The van der Waals surface area contributed by atoms with Crippen LogP contribution in [0, 0.1) is 0 Å². The number of nitrogens with zero attached hydrogens (tertiary/aromatic N) is 1.